The van der Waals surface area contributed by atoms with Gasteiger partial charge in [-0.3, -0.25) is 19.4 Å². The fourth-order valence-electron chi connectivity index (χ4n) is 4.85. The van der Waals surface area contributed by atoms with E-state index in [0.717, 1.165) is 51.9 Å². The summed E-state index contributed by atoms with van der Waals surface area (Å²) in [6.45, 7) is 14.4. The lowest BCUT2D eigenvalue weighted by atomic mass is 9.67. The normalized spacial score (nSPS) is 28.6. The molecule has 1 aliphatic carbocycles. The molecule has 3 fully saturated rings. The summed E-state index contributed by atoms with van der Waals surface area (Å²) in [7, 11) is 0. The van der Waals surface area contributed by atoms with Gasteiger partial charge in [-0.1, -0.05) is 26.8 Å². The van der Waals surface area contributed by atoms with Crippen molar-refractivity contribution in [3.63, 3.8) is 0 Å². The fraction of sp³-hybridized carbons (Fsp3) is 0.773. The monoisotopic (exact) mass is 419 g/mol. The Balaban J connectivity index is 1.49. The molecule has 1 spiro atoms. The van der Waals surface area contributed by atoms with Gasteiger partial charge in [0, 0.05) is 32.7 Å². The van der Waals surface area contributed by atoms with Gasteiger partial charge >= 0.3 is 6.03 Å². The number of urea groups is 1. The number of nitrogens with one attached hydrogen (secondary N) is 2. The lowest BCUT2D eigenvalue weighted by Gasteiger charge is -2.41. The minimum absolute atomic E-state index is 0.00903. The third kappa shape index (κ3) is 5.03. The lowest BCUT2D eigenvalue weighted by molar-refractivity contribution is -0.134. The van der Waals surface area contributed by atoms with Crippen LogP contribution in [0.15, 0.2) is 12.7 Å². The van der Waals surface area contributed by atoms with Crippen molar-refractivity contribution in [1.82, 2.24) is 25.3 Å². The zero-order valence-corrected chi connectivity index (χ0v) is 18.7. The van der Waals surface area contributed by atoms with Crippen LogP contribution >= 0.6 is 0 Å². The molecule has 8 heteroatoms. The zero-order chi connectivity index (χ0) is 21.9. The van der Waals surface area contributed by atoms with Crippen LogP contribution in [-0.4, -0.2) is 84.0 Å². The summed E-state index contributed by atoms with van der Waals surface area (Å²) in [6, 6.07) is -0.263. The van der Waals surface area contributed by atoms with Gasteiger partial charge in [-0.25, -0.2) is 9.69 Å². The third-order valence-electron chi connectivity index (χ3n) is 6.93. The zero-order valence-electron chi connectivity index (χ0n) is 18.7. The van der Waals surface area contributed by atoms with Gasteiger partial charge in [-0.2, -0.15) is 0 Å². The standard InChI is InChI=1S/C22H37N5O3/c1-5-10-23-18(28)15-25-11-13-26(14-12-25)16-27-19(29)22(24-20(27)30)8-6-17(7-9-22)21(2,3)4/h5,17H,1,6-16H2,2-4H3,(H,23,28)(H,24,30). The van der Waals surface area contributed by atoms with Crippen molar-refractivity contribution in [1.29, 1.82) is 0 Å². The second-order valence-electron chi connectivity index (χ2n) is 10.0. The van der Waals surface area contributed by atoms with Gasteiger partial charge in [0.2, 0.25) is 5.91 Å². The molecule has 2 aliphatic heterocycles. The predicted molar refractivity (Wildman–Crippen MR) is 116 cm³/mol. The average molecular weight is 420 g/mol. The Morgan fingerprint density at radius 3 is 2.33 bits per heavy atom. The molecule has 1 saturated carbocycles. The van der Waals surface area contributed by atoms with Crippen LogP contribution in [0.5, 0.6) is 0 Å². The van der Waals surface area contributed by atoms with Crippen LogP contribution in [0.2, 0.25) is 0 Å². The van der Waals surface area contributed by atoms with E-state index in [4.69, 9.17) is 0 Å². The molecule has 8 nitrogen and oxygen atoms in total. The predicted octanol–water partition coefficient (Wildman–Crippen LogP) is 1.39. The van der Waals surface area contributed by atoms with E-state index in [2.05, 4.69) is 47.8 Å². The molecule has 3 rings (SSSR count). The molecule has 0 bridgehead atoms. The van der Waals surface area contributed by atoms with Crippen LogP contribution in [0, 0.1) is 11.3 Å². The minimum atomic E-state index is -0.704. The summed E-state index contributed by atoms with van der Waals surface area (Å²) in [5.74, 6) is 0.509. The number of hydrogen-bond acceptors (Lipinski definition) is 5. The smallest absolute Gasteiger partial charge is 0.326 e. The van der Waals surface area contributed by atoms with Crippen molar-refractivity contribution < 1.29 is 14.4 Å². The van der Waals surface area contributed by atoms with E-state index in [1.807, 2.05) is 0 Å². The van der Waals surface area contributed by atoms with Crippen molar-refractivity contribution in [3.8, 4) is 0 Å². The maximum absolute atomic E-state index is 13.2. The first kappa shape index (κ1) is 22.7. The van der Waals surface area contributed by atoms with Crippen LogP contribution < -0.4 is 10.6 Å². The van der Waals surface area contributed by atoms with E-state index >= 15 is 0 Å². The summed E-state index contributed by atoms with van der Waals surface area (Å²) in [6.07, 6.45) is 5.05. The van der Waals surface area contributed by atoms with E-state index in [1.165, 1.54) is 4.90 Å². The molecule has 0 aromatic heterocycles. The van der Waals surface area contributed by atoms with Crippen LogP contribution in [0.4, 0.5) is 4.79 Å². The average Bonchev–Trinajstić information content (AvgIpc) is 2.91. The Labute approximate surface area is 180 Å². The second kappa shape index (κ2) is 9.06. The van der Waals surface area contributed by atoms with Crippen molar-refractivity contribution in [2.24, 2.45) is 11.3 Å². The maximum Gasteiger partial charge on any atom is 0.326 e. The first-order chi connectivity index (χ1) is 14.1. The largest absolute Gasteiger partial charge is 0.352 e. The van der Waals surface area contributed by atoms with Gasteiger partial charge in [0.05, 0.1) is 13.2 Å². The van der Waals surface area contributed by atoms with Gasteiger partial charge in [-0.05, 0) is 37.0 Å². The number of hydrogen-bond donors (Lipinski definition) is 2. The van der Waals surface area contributed by atoms with E-state index in [0.29, 0.717) is 25.7 Å². The summed E-state index contributed by atoms with van der Waals surface area (Å²) in [5, 5.41) is 5.81. The van der Waals surface area contributed by atoms with Crippen molar-refractivity contribution in [2.75, 3.05) is 45.9 Å². The molecular weight excluding hydrogens is 382 g/mol. The van der Waals surface area contributed by atoms with E-state index < -0.39 is 5.54 Å². The molecule has 4 amide bonds. The summed E-state index contributed by atoms with van der Waals surface area (Å²) in [4.78, 5) is 43.3. The molecule has 2 N–H and O–H groups in total. The quantitative estimate of drug-likeness (QED) is 0.502. The highest BCUT2D eigenvalue weighted by Gasteiger charge is 2.53. The van der Waals surface area contributed by atoms with Crippen molar-refractivity contribution in [3.05, 3.63) is 12.7 Å². The Bertz CT molecular complexity index is 671. The van der Waals surface area contributed by atoms with Gasteiger partial charge in [0.15, 0.2) is 0 Å². The lowest BCUT2D eigenvalue weighted by Crippen LogP contribution is -2.54. The Morgan fingerprint density at radius 1 is 1.17 bits per heavy atom. The highest BCUT2D eigenvalue weighted by atomic mass is 16.2. The molecule has 0 aromatic rings. The third-order valence-corrected chi connectivity index (χ3v) is 6.93. The number of rotatable bonds is 6. The molecule has 168 valence electrons. The van der Waals surface area contributed by atoms with Gasteiger partial charge in [0.25, 0.3) is 5.91 Å². The Morgan fingerprint density at radius 2 is 1.77 bits per heavy atom. The topological polar surface area (TPSA) is 85.0 Å². The summed E-state index contributed by atoms with van der Waals surface area (Å²) < 4.78 is 0. The number of carbonyl (C=O) groups excluding carboxylic acids is 3. The van der Waals surface area contributed by atoms with Gasteiger partial charge < -0.3 is 10.6 Å². The summed E-state index contributed by atoms with van der Waals surface area (Å²) in [5.41, 5.74) is -0.473. The van der Waals surface area contributed by atoms with E-state index in [1.54, 1.807) is 6.08 Å². The number of amides is 4. The number of carbonyl (C=O) groups is 3. The number of piperazine rings is 1. The van der Waals surface area contributed by atoms with Crippen LogP contribution in [-0.2, 0) is 9.59 Å². The van der Waals surface area contributed by atoms with Gasteiger partial charge in [-0.15, -0.1) is 6.58 Å². The van der Waals surface area contributed by atoms with Gasteiger partial charge in [0.1, 0.15) is 5.54 Å². The Kier molecular flexibility index (Phi) is 6.87. The van der Waals surface area contributed by atoms with Crippen molar-refractivity contribution >= 4 is 17.8 Å². The van der Waals surface area contributed by atoms with Crippen LogP contribution in [0.1, 0.15) is 46.5 Å². The highest BCUT2D eigenvalue weighted by Crippen LogP contribution is 2.43. The molecule has 0 radical (unpaired) electrons. The number of imide groups is 1. The maximum atomic E-state index is 13.2. The molecule has 2 heterocycles. The SMILES string of the molecule is C=CCNC(=O)CN1CCN(CN2C(=O)NC3(CCC(C(C)(C)C)CC3)C2=O)CC1. The van der Waals surface area contributed by atoms with Crippen molar-refractivity contribution in [2.45, 2.75) is 52.0 Å². The molecular formula is C22H37N5O3. The minimum Gasteiger partial charge on any atom is -0.352 e. The highest BCUT2D eigenvalue weighted by molar-refractivity contribution is 6.07. The first-order valence-corrected chi connectivity index (χ1v) is 11.1. The molecule has 3 aliphatic rings. The second-order valence-corrected chi connectivity index (χ2v) is 10.0. The molecule has 0 atom stereocenters. The fourth-order valence-corrected chi connectivity index (χ4v) is 4.85. The van der Waals surface area contributed by atoms with Crippen LogP contribution in [0.3, 0.4) is 0 Å². The molecule has 2 saturated heterocycles. The molecule has 0 unspecified atom stereocenters. The summed E-state index contributed by atoms with van der Waals surface area (Å²) >= 11 is 0. The molecule has 0 aromatic carbocycles. The first-order valence-electron chi connectivity index (χ1n) is 11.1. The van der Waals surface area contributed by atoms with E-state index in [-0.39, 0.29) is 23.3 Å². The number of nitrogens with zero attached hydrogens (tertiary/aromatic N) is 3. The van der Waals surface area contributed by atoms with Crippen LogP contribution in [0.25, 0.3) is 0 Å². The van der Waals surface area contributed by atoms with E-state index in [9.17, 15) is 14.4 Å². The molecule has 30 heavy (non-hydrogen) atoms. The Hall–Kier alpha value is -1.93.